The molecule has 1 aromatic carbocycles. The second-order valence-corrected chi connectivity index (χ2v) is 5.38. The molecule has 7 heteroatoms. The lowest BCUT2D eigenvalue weighted by Gasteiger charge is -1.99. The summed E-state index contributed by atoms with van der Waals surface area (Å²) in [5.41, 5.74) is 4.69. The number of nitrogens with zero attached hydrogens (tertiary/aromatic N) is 2. The van der Waals surface area contributed by atoms with Crippen molar-refractivity contribution in [3.05, 3.63) is 46.2 Å². The number of hydrogen-bond acceptors (Lipinski definition) is 6. The van der Waals surface area contributed by atoms with Crippen LogP contribution in [0.4, 0.5) is 9.52 Å². The van der Waals surface area contributed by atoms with Crippen LogP contribution in [0.1, 0.15) is 23.7 Å². The number of esters is 1. The summed E-state index contributed by atoms with van der Waals surface area (Å²) in [6, 6.07) is 4.80. The van der Waals surface area contributed by atoms with E-state index in [1.807, 2.05) is 6.92 Å². The fourth-order valence-electron chi connectivity index (χ4n) is 1.72. The lowest BCUT2D eigenvalue weighted by molar-refractivity contribution is -0.142. The number of rotatable bonds is 6. The molecule has 1 aromatic heterocycles. The molecule has 0 fully saturated rings. The molecule has 5 nitrogen and oxygen atoms in total. The van der Waals surface area contributed by atoms with Gasteiger partial charge in [0.05, 0.1) is 24.9 Å². The zero-order valence-corrected chi connectivity index (χ0v) is 13.1. The minimum absolute atomic E-state index is 0.127. The Bertz CT molecular complexity index is 685. The van der Waals surface area contributed by atoms with E-state index in [9.17, 15) is 9.18 Å². The van der Waals surface area contributed by atoms with Crippen LogP contribution in [0.15, 0.2) is 28.7 Å². The van der Waals surface area contributed by atoms with Gasteiger partial charge in [-0.2, -0.15) is 5.10 Å². The Morgan fingerprint density at radius 2 is 2.36 bits per heavy atom. The summed E-state index contributed by atoms with van der Waals surface area (Å²) in [6.45, 7) is 3.98. The van der Waals surface area contributed by atoms with E-state index < -0.39 is 0 Å². The van der Waals surface area contributed by atoms with Crippen LogP contribution in [0, 0.1) is 12.7 Å². The number of hydrogen-bond donors (Lipinski definition) is 1. The van der Waals surface area contributed by atoms with Crippen molar-refractivity contribution in [1.82, 2.24) is 4.98 Å². The van der Waals surface area contributed by atoms with E-state index in [0.29, 0.717) is 23.0 Å². The van der Waals surface area contributed by atoms with Crippen LogP contribution in [0.25, 0.3) is 0 Å². The molecule has 1 N–H and O–H groups in total. The molecule has 0 saturated heterocycles. The molecular weight excluding hydrogens is 305 g/mol. The molecule has 1 heterocycles. The number of nitrogens with one attached hydrogen (secondary N) is 1. The maximum atomic E-state index is 13.5. The van der Waals surface area contributed by atoms with E-state index in [2.05, 4.69) is 15.5 Å². The van der Waals surface area contributed by atoms with Crippen molar-refractivity contribution in [3.8, 4) is 0 Å². The third kappa shape index (κ3) is 4.63. The van der Waals surface area contributed by atoms with Crippen molar-refractivity contribution in [2.24, 2.45) is 5.10 Å². The number of thiazole rings is 1. The first kappa shape index (κ1) is 16.1. The third-order valence-electron chi connectivity index (χ3n) is 2.70. The van der Waals surface area contributed by atoms with Gasteiger partial charge in [-0.3, -0.25) is 10.2 Å². The Balaban J connectivity index is 1.94. The van der Waals surface area contributed by atoms with E-state index in [4.69, 9.17) is 4.74 Å². The molecule has 0 radical (unpaired) electrons. The van der Waals surface area contributed by atoms with E-state index in [-0.39, 0.29) is 18.2 Å². The number of anilines is 1. The average Bonchev–Trinajstić information content (AvgIpc) is 2.90. The Hall–Kier alpha value is -2.28. The van der Waals surface area contributed by atoms with Crippen LogP contribution >= 0.6 is 11.3 Å². The molecule has 0 aliphatic carbocycles. The summed E-state index contributed by atoms with van der Waals surface area (Å²) >= 11 is 1.31. The highest BCUT2D eigenvalue weighted by atomic mass is 32.1. The summed E-state index contributed by atoms with van der Waals surface area (Å²) in [5.74, 6) is -0.650. The molecule has 0 aliphatic rings. The Labute approximate surface area is 131 Å². The van der Waals surface area contributed by atoms with Gasteiger partial charge in [0.1, 0.15) is 5.82 Å². The Morgan fingerprint density at radius 3 is 3.14 bits per heavy atom. The molecule has 0 bridgehead atoms. The van der Waals surface area contributed by atoms with Gasteiger partial charge in [0, 0.05) is 10.9 Å². The maximum Gasteiger partial charge on any atom is 0.311 e. The number of halogens is 1. The highest BCUT2D eigenvalue weighted by Crippen LogP contribution is 2.16. The Kier molecular flexibility index (Phi) is 5.60. The highest BCUT2D eigenvalue weighted by Gasteiger charge is 2.08. The molecule has 0 aliphatic heterocycles. The van der Waals surface area contributed by atoms with Crippen LogP contribution in [-0.4, -0.2) is 23.8 Å². The first-order valence-electron chi connectivity index (χ1n) is 6.73. The minimum atomic E-state index is -0.335. The number of ether oxygens (including phenoxy) is 1. The molecule has 0 unspecified atom stereocenters. The fraction of sp³-hybridized carbons (Fsp3) is 0.267. The molecule has 0 amide bonds. The van der Waals surface area contributed by atoms with Crippen LogP contribution in [-0.2, 0) is 16.0 Å². The summed E-state index contributed by atoms with van der Waals surface area (Å²) in [4.78, 5) is 15.5. The highest BCUT2D eigenvalue weighted by molar-refractivity contribution is 7.13. The molecule has 0 atom stereocenters. The molecule has 0 spiro atoms. The number of carbonyl (C=O) groups is 1. The van der Waals surface area contributed by atoms with Gasteiger partial charge in [-0.05, 0) is 26.0 Å². The molecule has 116 valence electrons. The van der Waals surface area contributed by atoms with Crippen LogP contribution in [0.2, 0.25) is 0 Å². The molecule has 22 heavy (non-hydrogen) atoms. The van der Waals surface area contributed by atoms with Gasteiger partial charge in [0.15, 0.2) is 0 Å². The van der Waals surface area contributed by atoms with Crippen molar-refractivity contribution in [3.63, 3.8) is 0 Å². The monoisotopic (exact) mass is 321 g/mol. The van der Waals surface area contributed by atoms with Crippen molar-refractivity contribution in [1.29, 1.82) is 0 Å². The Morgan fingerprint density at radius 1 is 1.55 bits per heavy atom. The van der Waals surface area contributed by atoms with Crippen LogP contribution < -0.4 is 5.43 Å². The number of benzene rings is 1. The third-order valence-corrected chi connectivity index (χ3v) is 3.49. The molecule has 2 rings (SSSR count). The van der Waals surface area contributed by atoms with Crippen molar-refractivity contribution in [2.75, 3.05) is 12.0 Å². The first-order valence-corrected chi connectivity index (χ1v) is 7.61. The smallest absolute Gasteiger partial charge is 0.311 e. The second-order valence-electron chi connectivity index (χ2n) is 4.52. The van der Waals surface area contributed by atoms with Crippen molar-refractivity contribution < 1.29 is 13.9 Å². The SMILES string of the molecule is CCOC(=O)Cc1csc(NN=Cc2cc(C)ccc2F)n1. The number of aromatic nitrogens is 1. The molecule has 2 aromatic rings. The lowest BCUT2D eigenvalue weighted by Crippen LogP contribution is -2.07. The van der Waals surface area contributed by atoms with Gasteiger partial charge in [0.2, 0.25) is 5.13 Å². The summed E-state index contributed by atoms with van der Waals surface area (Å²) in [6.07, 6.45) is 1.52. The lowest BCUT2D eigenvalue weighted by atomic mass is 10.1. The number of aryl methyl sites for hydroxylation is 1. The van der Waals surface area contributed by atoms with E-state index in [1.165, 1.54) is 23.6 Å². The van der Waals surface area contributed by atoms with Gasteiger partial charge in [-0.25, -0.2) is 9.37 Å². The van der Waals surface area contributed by atoms with Gasteiger partial charge in [-0.15, -0.1) is 11.3 Å². The second kappa shape index (κ2) is 7.65. The zero-order chi connectivity index (χ0) is 15.9. The maximum absolute atomic E-state index is 13.5. The predicted molar refractivity (Wildman–Crippen MR) is 84.8 cm³/mol. The number of carbonyl (C=O) groups excluding carboxylic acids is 1. The molecule has 0 saturated carbocycles. The summed E-state index contributed by atoms with van der Waals surface area (Å²) in [7, 11) is 0. The quantitative estimate of drug-likeness (QED) is 0.504. The van der Waals surface area contributed by atoms with E-state index >= 15 is 0 Å². The van der Waals surface area contributed by atoms with E-state index in [1.54, 1.807) is 24.4 Å². The number of hydrazone groups is 1. The largest absolute Gasteiger partial charge is 0.466 e. The van der Waals surface area contributed by atoms with Gasteiger partial charge >= 0.3 is 5.97 Å². The molecular formula is C15H16FN3O2S. The van der Waals surface area contributed by atoms with Crippen LogP contribution in [0.5, 0.6) is 0 Å². The van der Waals surface area contributed by atoms with Gasteiger partial charge in [0.25, 0.3) is 0 Å². The summed E-state index contributed by atoms with van der Waals surface area (Å²) in [5, 5.41) is 6.24. The zero-order valence-electron chi connectivity index (χ0n) is 12.3. The van der Waals surface area contributed by atoms with Crippen molar-refractivity contribution >= 4 is 28.7 Å². The van der Waals surface area contributed by atoms with Crippen LogP contribution in [0.3, 0.4) is 0 Å². The van der Waals surface area contributed by atoms with E-state index in [0.717, 1.165) is 5.56 Å². The minimum Gasteiger partial charge on any atom is -0.466 e. The predicted octanol–water partition coefficient (Wildman–Crippen LogP) is 3.14. The fourth-order valence-corrected chi connectivity index (χ4v) is 2.38. The standard InChI is InChI=1S/C15H16FN3O2S/c1-3-21-14(20)7-12-9-22-15(18-12)19-17-8-11-6-10(2)4-5-13(11)16/h4-6,8-9H,3,7H2,1-2H3,(H,18,19). The van der Waals surface area contributed by atoms with Gasteiger partial charge < -0.3 is 4.74 Å². The normalized spacial score (nSPS) is 10.9. The van der Waals surface area contributed by atoms with Gasteiger partial charge in [-0.1, -0.05) is 11.6 Å². The average molecular weight is 321 g/mol. The van der Waals surface area contributed by atoms with Crippen molar-refractivity contribution in [2.45, 2.75) is 20.3 Å². The first-order chi connectivity index (χ1) is 10.6. The topological polar surface area (TPSA) is 63.6 Å². The summed E-state index contributed by atoms with van der Waals surface area (Å²) < 4.78 is 18.4.